The summed E-state index contributed by atoms with van der Waals surface area (Å²) in [6, 6.07) is 8.31. The van der Waals surface area contributed by atoms with Gasteiger partial charge in [-0.05, 0) is 32.6 Å². The zero-order valence-electron chi connectivity index (χ0n) is 19.5. The van der Waals surface area contributed by atoms with E-state index in [-0.39, 0.29) is 24.7 Å². The third kappa shape index (κ3) is 6.71. The van der Waals surface area contributed by atoms with E-state index in [0.29, 0.717) is 12.5 Å². The summed E-state index contributed by atoms with van der Waals surface area (Å²) in [5, 5.41) is 20.2. The van der Waals surface area contributed by atoms with Gasteiger partial charge in [0, 0.05) is 37.8 Å². The van der Waals surface area contributed by atoms with E-state index in [1.165, 1.54) is 5.56 Å². The van der Waals surface area contributed by atoms with Crippen LogP contribution in [0.4, 0.5) is 5.95 Å². The molecule has 2 fully saturated rings. The molecule has 4 rings (SSSR count). The molecule has 1 aliphatic carbocycles. The maximum absolute atomic E-state index is 12.5. The summed E-state index contributed by atoms with van der Waals surface area (Å²) in [6.45, 7) is 5.13. The monoisotopic (exact) mass is 468 g/mol. The Hall–Kier alpha value is -3.11. The number of carbonyl (C=O) groups is 2. The second-order valence-electron chi connectivity index (χ2n) is 9.02. The van der Waals surface area contributed by atoms with Gasteiger partial charge in [0.2, 0.25) is 11.9 Å². The van der Waals surface area contributed by atoms with E-state index >= 15 is 0 Å². The molecule has 1 saturated carbocycles. The van der Waals surface area contributed by atoms with E-state index in [4.69, 9.17) is 14.8 Å². The molecule has 1 amide bonds. The van der Waals surface area contributed by atoms with Crippen LogP contribution in [0.25, 0.3) is 11.3 Å². The molecule has 10 heteroatoms. The number of carboxylic acids is 1. The number of piperazine rings is 1. The number of anilines is 1. The molecule has 2 aliphatic rings. The molecule has 0 radical (unpaired) electrons. The van der Waals surface area contributed by atoms with Crippen LogP contribution in [-0.4, -0.2) is 88.5 Å². The molecule has 0 spiro atoms. The van der Waals surface area contributed by atoms with Gasteiger partial charge in [-0.15, -0.1) is 5.10 Å². The summed E-state index contributed by atoms with van der Waals surface area (Å²) in [6.07, 6.45) is 4.81. The van der Waals surface area contributed by atoms with Crippen LogP contribution in [0.3, 0.4) is 0 Å². The summed E-state index contributed by atoms with van der Waals surface area (Å²) in [5.41, 5.74) is 3.01. The van der Waals surface area contributed by atoms with Gasteiger partial charge in [-0.25, -0.2) is 9.78 Å². The summed E-state index contributed by atoms with van der Waals surface area (Å²) in [7, 11) is 0. The fourth-order valence-electron chi connectivity index (χ4n) is 4.44. The van der Waals surface area contributed by atoms with Crippen molar-refractivity contribution in [3.05, 3.63) is 36.0 Å². The minimum absolute atomic E-state index is 0.0291. The molecular formula is C24H32N6O4. The maximum atomic E-state index is 12.5. The number of aryl methyl sites for hydroxylation is 1. The van der Waals surface area contributed by atoms with Crippen LogP contribution in [0.5, 0.6) is 0 Å². The number of nitrogens with zero attached hydrogens (tertiary/aromatic N) is 5. The van der Waals surface area contributed by atoms with Crippen molar-refractivity contribution in [1.82, 2.24) is 25.4 Å². The Morgan fingerprint density at radius 1 is 1.09 bits per heavy atom. The topological polar surface area (TPSA) is 121 Å². The number of carbonyl (C=O) groups excluding carboxylic acids is 1. The molecule has 2 heterocycles. The lowest BCUT2D eigenvalue weighted by molar-refractivity contribution is -0.145. The molecule has 0 unspecified atom stereocenters. The molecule has 1 aromatic carbocycles. The minimum atomic E-state index is -0.947. The quantitative estimate of drug-likeness (QED) is 0.594. The molecule has 2 aromatic rings. The molecule has 0 atom stereocenters. The van der Waals surface area contributed by atoms with Crippen LogP contribution in [0.2, 0.25) is 0 Å². The Morgan fingerprint density at radius 3 is 2.47 bits per heavy atom. The second kappa shape index (κ2) is 11.3. The third-order valence-electron chi connectivity index (χ3n) is 6.40. The largest absolute Gasteiger partial charge is 0.480 e. The van der Waals surface area contributed by atoms with Gasteiger partial charge in [-0.2, -0.15) is 5.10 Å². The lowest BCUT2D eigenvalue weighted by atomic mass is 9.93. The number of ether oxygens (including phenoxy) is 1. The number of carboxylic acid groups (broad SMARTS) is 1. The first-order chi connectivity index (χ1) is 16.5. The summed E-state index contributed by atoms with van der Waals surface area (Å²) in [5.74, 6) is -0.302. The van der Waals surface area contributed by atoms with E-state index in [1.54, 1.807) is 6.20 Å². The summed E-state index contributed by atoms with van der Waals surface area (Å²) < 4.78 is 5.36. The van der Waals surface area contributed by atoms with Gasteiger partial charge in [-0.3, -0.25) is 9.69 Å². The van der Waals surface area contributed by atoms with Gasteiger partial charge in [0.25, 0.3) is 0 Å². The van der Waals surface area contributed by atoms with Crippen LogP contribution in [0.15, 0.2) is 30.5 Å². The molecule has 1 saturated heterocycles. The molecule has 0 bridgehead atoms. The maximum Gasteiger partial charge on any atom is 0.329 e. The predicted molar refractivity (Wildman–Crippen MR) is 126 cm³/mol. The van der Waals surface area contributed by atoms with Crippen molar-refractivity contribution in [2.75, 3.05) is 44.2 Å². The van der Waals surface area contributed by atoms with Gasteiger partial charge < -0.3 is 20.1 Å². The van der Waals surface area contributed by atoms with Crippen molar-refractivity contribution in [3.8, 4) is 11.3 Å². The van der Waals surface area contributed by atoms with Crippen LogP contribution >= 0.6 is 0 Å². The van der Waals surface area contributed by atoms with Crippen LogP contribution in [0.1, 0.15) is 31.2 Å². The fourth-order valence-corrected chi connectivity index (χ4v) is 4.44. The van der Waals surface area contributed by atoms with E-state index in [2.05, 4.69) is 44.4 Å². The Kier molecular flexibility index (Phi) is 8.02. The first-order valence-electron chi connectivity index (χ1n) is 11.8. The fraction of sp³-hybridized carbons (Fsp3) is 0.542. The van der Waals surface area contributed by atoms with Gasteiger partial charge in [0.05, 0.1) is 24.5 Å². The highest BCUT2D eigenvalue weighted by Gasteiger charge is 2.25. The van der Waals surface area contributed by atoms with Crippen LogP contribution in [0, 0.1) is 6.92 Å². The van der Waals surface area contributed by atoms with Crippen molar-refractivity contribution in [2.24, 2.45) is 0 Å². The highest BCUT2D eigenvalue weighted by molar-refractivity contribution is 5.78. The summed E-state index contributed by atoms with van der Waals surface area (Å²) >= 11 is 0. The standard InChI is InChI=1S/C24H32N6O4/c1-17-2-4-18(5-3-17)21-14-25-28-24(27-21)30-12-10-29(11-13-30)15-22(31)26-19-6-8-20(9-7-19)34-16-23(32)33/h2-5,14,19-20H,6-13,15-16H2,1H3,(H,26,31)(H,32,33)/t19-,20-. The molecule has 34 heavy (non-hydrogen) atoms. The van der Waals surface area contributed by atoms with Crippen molar-refractivity contribution in [3.63, 3.8) is 0 Å². The number of aromatic nitrogens is 3. The molecule has 1 aromatic heterocycles. The van der Waals surface area contributed by atoms with Gasteiger partial charge in [0.15, 0.2) is 0 Å². The van der Waals surface area contributed by atoms with Gasteiger partial charge in [-0.1, -0.05) is 29.8 Å². The van der Waals surface area contributed by atoms with Crippen molar-refractivity contribution in [2.45, 2.75) is 44.8 Å². The smallest absolute Gasteiger partial charge is 0.329 e. The van der Waals surface area contributed by atoms with Crippen molar-refractivity contribution in [1.29, 1.82) is 0 Å². The van der Waals surface area contributed by atoms with Gasteiger partial charge >= 0.3 is 5.97 Å². The summed E-state index contributed by atoms with van der Waals surface area (Å²) in [4.78, 5) is 32.1. The number of aliphatic carboxylic acids is 1. The average molecular weight is 469 g/mol. The van der Waals surface area contributed by atoms with E-state index < -0.39 is 5.97 Å². The number of rotatable bonds is 8. The Balaban J connectivity index is 1.20. The van der Waals surface area contributed by atoms with Crippen LogP contribution in [-0.2, 0) is 14.3 Å². The highest BCUT2D eigenvalue weighted by atomic mass is 16.5. The minimum Gasteiger partial charge on any atom is -0.480 e. The Labute approximate surface area is 199 Å². The van der Waals surface area contributed by atoms with Crippen LogP contribution < -0.4 is 10.2 Å². The number of benzene rings is 1. The molecule has 1 aliphatic heterocycles. The zero-order valence-corrected chi connectivity index (χ0v) is 19.5. The van der Waals surface area contributed by atoms with E-state index in [1.807, 2.05) is 12.1 Å². The SMILES string of the molecule is Cc1ccc(-c2cnnc(N3CCN(CC(=O)N[C@H]4CC[C@H](OCC(=O)O)CC4)CC3)n2)cc1. The molecule has 10 nitrogen and oxygen atoms in total. The van der Waals surface area contributed by atoms with Crippen molar-refractivity contribution >= 4 is 17.8 Å². The first-order valence-corrected chi connectivity index (χ1v) is 11.8. The number of nitrogens with one attached hydrogen (secondary N) is 1. The second-order valence-corrected chi connectivity index (χ2v) is 9.02. The lowest BCUT2D eigenvalue weighted by Gasteiger charge is -2.34. The van der Waals surface area contributed by atoms with E-state index in [0.717, 1.165) is 63.1 Å². The van der Waals surface area contributed by atoms with Gasteiger partial charge in [0.1, 0.15) is 6.61 Å². The zero-order chi connectivity index (χ0) is 23.9. The molecule has 2 N–H and O–H groups in total. The Morgan fingerprint density at radius 2 is 1.79 bits per heavy atom. The Bertz CT molecular complexity index is 970. The third-order valence-corrected chi connectivity index (χ3v) is 6.40. The highest BCUT2D eigenvalue weighted by Crippen LogP contribution is 2.22. The first kappa shape index (κ1) is 24.0. The molecular weight excluding hydrogens is 436 g/mol. The number of amides is 1. The van der Waals surface area contributed by atoms with E-state index in [9.17, 15) is 9.59 Å². The van der Waals surface area contributed by atoms with Crippen molar-refractivity contribution < 1.29 is 19.4 Å². The normalized spacial score (nSPS) is 21.3. The molecule has 182 valence electrons. The number of hydrogen-bond acceptors (Lipinski definition) is 8. The average Bonchev–Trinajstić information content (AvgIpc) is 2.84. The lowest BCUT2D eigenvalue weighted by Crippen LogP contribution is -2.51. The predicted octanol–water partition coefficient (Wildman–Crippen LogP) is 1.50. The number of hydrogen-bond donors (Lipinski definition) is 2.